The van der Waals surface area contributed by atoms with Crippen LogP contribution in [0.5, 0.6) is 0 Å². The number of likely N-dealkylation sites (N-methyl/N-ethyl adjacent to an activating group) is 2. The number of nitrogens with zero attached hydrogens (tertiary/aromatic N) is 4. The maximum absolute atomic E-state index is 15.5. The fourth-order valence-electron chi connectivity index (χ4n) is 8.28. The van der Waals surface area contributed by atoms with E-state index in [1.54, 1.807) is 48.7 Å². The van der Waals surface area contributed by atoms with Crippen LogP contribution in [0.4, 0.5) is 26.3 Å². The average Bonchev–Trinajstić information content (AvgIpc) is 3.92. The predicted molar refractivity (Wildman–Crippen MR) is 217 cm³/mol. The Labute approximate surface area is 349 Å². The summed E-state index contributed by atoms with van der Waals surface area (Å²) < 4.78 is 92.7. The van der Waals surface area contributed by atoms with Gasteiger partial charge >= 0.3 is 0 Å². The van der Waals surface area contributed by atoms with Gasteiger partial charge in [0.05, 0.1) is 47.9 Å². The number of fused-ring (bicyclic) bond motifs is 2. The number of alkyl halides is 4. The Morgan fingerprint density at radius 1 is 0.820 bits per heavy atom. The summed E-state index contributed by atoms with van der Waals surface area (Å²) in [6.07, 6.45) is -1.59. The van der Waals surface area contributed by atoms with Crippen molar-refractivity contribution >= 4 is 45.6 Å². The van der Waals surface area contributed by atoms with Gasteiger partial charge in [-0.3, -0.25) is 19.2 Å². The molecule has 0 aliphatic carbocycles. The molecule has 2 fully saturated rings. The number of rotatable bonds is 15. The first kappa shape index (κ1) is 45.4. The molecule has 6 rings (SSSR count). The maximum Gasteiger partial charge on any atom is 0.267 e. The minimum atomic E-state index is -3.31. The van der Waals surface area contributed by atoms with Crippen LogP contribution in [0.15, 0.2) is 36.4 Å². The second kappa shape index (κ2) is 17.7. The molecular formula is C42H53F6N9O4. The number of aromatic amines is 1. The molecule has 2 aliphatic rings. The molecule has 4 heterocycles. The van der Waals surface area contributed by atoms with Crippen molar-refractivity contribution < 1.29 is 45.5 Å². The van der Waals surface area contributed by atoms with E-state index in [2.05, 4.69) is 26.3 Å². The molecule has 2 aromatic carbocycles. The predicted octanol–water partition coefficient (Wildman–Crippen LogP) is 4.73. The normalized spacial score (nSPS) is 20.6. The van der Waals surface area contributed by atoms with E-state index >= 15 is 17.6 Å². The Kier molecular flexibility index (Phi) is 13.1. The molecular weight excluding hydrogens is 809 g/mol. The summed E-state index contributed by atoms with van der Waals surface area (Å²) in [4.78, 5) is 63.7. The number of imidazole rings is 1. The first-order valence-corrected chi connectivity index (χ1v) is 20.5. The van der Waals surface area contributed by atoms with Crippen LogP contribution in [0, 0.1) is 17.6 Å². The minimum Gasteiger partial charge on any atom is -0.352 e. The molecule has 4 aromatic rings. The van der Waals surface area contributed by atoms with Gasteiger partial charge in [-0.05, 0) is 82.6 Å². The Morgan fingerprint density at radius 2 is 1.39 bits per heavy atom. The largest absolute Gasteiger partial charge is 0.352 e. The number of halogens is 6. The third kappa shape index (κ3) is 9.51. The van der Waals surface area contributed by atoms with E-state index in [1.165, 1.54) is 28.8 Å². The minimum absolute atomic E-state index is 0.0639. The van der Waals surface area contributed by atoms with E-state index in [-0.39, 0.29) is 41.9 Å². The summed E-state index contributed by atoms with van der Waals surface area (Å²) in [5, 5.41) is 11.3. The average molecular weight is 862 g/mol. The van der Waals surface area contributed by atoms with Crippen LogP contribution in [0.2, 0.25) is 0 Å². The van der Waals surface area contributed by atoms with Gasteiger partial charge in [0.15, 0.2) is 5.82 Å². The van der Waals surface area contributed by atoms with Gasteiger partial charge in [-0.1, -0.05) is 20.8 Å². The van der Waals surface area contributed by atoms with Gasteiger partial charge in [0.25, 0.3) is 11.8 Å². The van der Waals surface area contributed by atoms with Gasteiger partial charge in [0.1, 0.15) is 23.7 Å². The molecule has 2 aliphatic heterocycles. The summed E-state index contributed by atoms with van der Waals surface area (Å²) in [6.45, 7) is 6.06. The second-order valence-electron chi connectivity index (χ2n) is 16.6. The van der Waals surface area contributed by atoms with Gasteiger partial charge in [-0.25, -0.2) is 31.3 Å². The second-order valence-corrected chi connectivity index (χ2v) is 16.6. The maximum atomic E-state index is 15.5. The molecule has 13 nitrogen and oxygen atoms in total. The third-order valence-electron chi connectivity index (χ3n) is 11.9. The van der Waals surface area contributed by atoms with Crippen molar-refractivity contribution in [2.45, 2.75) is 115 Å². The molecule has 5 N–H and O–H groups in total. The molecule has 2 saturated heterocycles. The topological polar surface area (TPSA) is 156 Å². The molecule has 19 heteroatoms. The van der Waals surface area contributed by atoms with E-state index in [4.69, 9.17) is 4.98 Å². The quantitative estimate of drug-likeness (QED) is 0.108. The Morgan fingerprint density at radius 3 is 2.00 bits per heavy atom. The Balaban J connectivity index is 1.44. The number of carbonyl (C=O) groups excluding carboxylic acids is 4. The van der Waals surface area contributed by atoms with E-state index in [1.807, 2.05) is 0 Å². The molecule has 2 aromatic heterocycles. The van der Waals surface area contributed by atoms with Crippen molar-refractivity contribution in [2.75, 3.05) is 27.2 Å². The number of H-pyrrole nitrogens is 1. The lowest BCUT2D eigenvalue weighted by Gasteiger charge is -2.31. The number of amides is 4. The zero-order valence-corrected chi connectivity index (χ0v) is 35.1. The lowest BCUT2D eigenvalue weighted by Crippen LogP contribution is -2.55. The van der Waals surface area contributed by atoms with Crippen LogP contribution in [-0.4, -0.2) is 123 Å². The summed E-state index contributed by atoms with van der Waals surface area (Å²) in [6, 6.07) is 1.66. The summed E-state index contributed by atoms with van der Waals surface area (Å²) >= 11 is 0. The van der Waals surface area contributed by atoms with Gasteiger partial charge in [0, 0.05) is 42.4 Å². The fraction of sp³-hybridized carbons (Fsp3) is 0.548. The van der Waals surface area contributed by atoms with Crippen LogP contribution in [-0.2, 0) is 32.1 Å². The summed E-state index contributed by atoms with van der Waals surface area (Å²) in [5.74, 6) is -10.7. The summed E-state index contributed by atoms with van der Waals surface area (Å²) in [5.41, 5.74) is 1.18. The van der Waals surface area contributed by atoms with E-state index in [0.717, 1.165) is 21.9 Å². The number of hydrogen-bond acceptors (Lipinski definition) is 7. The van der Waals surface area contributed by atoms with Crippen molar-refractivity contribution in [3.8, 4) is 11.5 Å². The number of benzene rings is 2. The Hall–Kier alpha value is -5.17. The van der Waals surface area contributed by atoms with Crippen LogP contribution < -0.4 is 21.3 Å². The van der Waals surface area contributed by atoms with Crippen LogP contribution in [0.1, 0.15) is 59.4 Å². The van der Waals surface area contributed by atoms with Crippen LogP contribution in [0.25, 0.3) is 33.5 Å². The Bertz CT molecular complexity index is 2300. The van der Waals surface area contributed by atoms with Crippen LogP contribution >= 0.6 is 0 Å². The highest BCUT2D eigenvalue weighted by Crippen LogP contribution is 2.41. The van der Waals surface area contributed by atoms with Crippen molar-refractivity contribution in [1.82, 2.24) is 45.6 Å². The number of hydrogen-bond donors (Lipinski definition) is 5. The van der Waals surface area contributed by atoms with Crippen molar-refractivity contribution in [3.63, 3.8) is 0 Å². The monoisotopic (exact) mass is 861 g/mol. The van der Waals surface area contributed by atoms with Crippen molar-refractivity contribution in [3.05, 3.63) is 53.6 Å². The van der Waals surface area contributed by atoms with Gasteiger partial charge in [0.2, 0.25) is 23.6 Å². The molecule has 6 atom stereocenters. The fourth-order valence-corrected chi connectivity index (χ4v) is 8.28. The van der Waals surface area contributed by atoms with Crippen LogP contribution in [0.3, 0.4) is 0 Å². The SMILES string of the molecule is CC[C@H](NC(=O)[C@H](C)NC)C(=O)N1CC(F)(F)C[C@H]1Cn1c(-c2[nH]c3cc(F)ccc3c2C[C@@H]2CC(F)(F)CN2C(=O)[C@@H](NC(=O)[C@H](C)NC)C(C)C)nc2cc(F)ccc21. The molecule has 0 radical (unpaired) electrons. The smallest absolute Gasteiger partial charge is 0.267 e. The number of likely N-dealkylation sites (tertiary alicyclic amines) is 2. The molecule has 4 amide bonds. The highest BCUT2D eigenvalue weighted by atomic mass is 19.3. The van der Waals surface area contributed by atoms with Crippen molar-refractivity contribution in [1.29, 1.82) is 0 Å². The highest BCUT2D eigenvalue weighted by Gasteiger charge is 2.50. The van der Waals surface area contributed by atoms with Crippen molar-refractivity contribution in [2.24, 2.45) is 5.92 Å². The number of nitrogens with one attached hydrogen (secondary N) is 5. The van der Waals surface area contributed by atoms with E-state index < -0.39 is 115 Å². The molecule has 0 unspecified atom stereocenters. The molecule has 0 saturated carbocycles. The van der Waals surface area contributed by atoms with Gasteiger partial charge in [-0.2, -0.15) is 0 Å². The first-order chi connectivity index (χ1) is 28.7. The van der Waals surface area contributed by atoms with Gasteiger partial charge in [-0.15, -0.1) is 0 Å². The first-order valence-electron chi connectivity index (χ1n) is 20.5. The molecule has 0 bridgehead atoms. The lowest BCUT2D eigenvalue weighted by molar-refractivity contribution is -0.139. The lowest BCUT2D eigenvalue weighted by atomic mass is 9.97. The molecule has 0 spiro atoms. The number of aromatic nitrogens is 3. The molecule has 332 valence electrons. The summed E-state index contributed by atoms with van der Waals surface area (Å²) in [7, 11) is 3.13. The standard InChI is InChI=1S/C42H53F6N9O4/c1-8-30(53-37(58)22(4)49-6)39(60)57-20-42(47,48)17-27(57)18-55-33-12-10-25(44)14-32(33)52-36(55)35-29(28-11-9-24(43)13-31(28)51-35)15-26-16-41(45,46)19-56(26)40(61)34(21(2)3)54-38(59)23(5)50-7/h9-14,21-23,26-27,30,34,49-51H,8,15-20H2,1-7H3,(H,53,58)(H,54,59)/t22-,23-,26+,27-,30-,34-/m0/s1. The number of carbonyl (C=O) groups is 4. The molecule has 61 heavy (non-hydrogen) atoms. The van der Waals surface area contributed by atoms with Gasteiger partial charge < -0.3 is 40.6 Å². The third-order valence-corrected chi connectivity index (χ3v) is 11.9. The van der Waals surface area contributed by atoms with E-state index in [0.29, 0.717) is 16.5 Å². The zero-order chi connectivity index (χ0) is 44.7. The zero-order valence-electron chi connectivity index (χ0n) is 35.1. The van der Waals surface area contributed by atoms with E-state index in [9.17, 15) is 28.0 Å². The highest BCUT2D eigenvalue weighted by molar-refractivity contribution is 5.93.